The number of primary amides is 1. The molecule has 7 heteroatoms. The van der Waals surface area contributed by atoms with Crippen LogP contribution in [0.4, 0.5) is 5.00 Å². The molecule has 0 radical (unpaired) electrons. The summed E-state index contributed by atoms with van der Waals surface area (Å²) in [6, 6.07) is 9.15. The van der Waals surface area contributed by atoms with Gasteiger partial charge in [0.05, 0.1) is 11.7 Å². The van der Waals surface area contributed by atoms with Gasteiger partial charge in [0.2, 0.25) is 0 Å². The molecule has 0 atom stereocenters. The Hall–Kier alpha value is -3.11. The number of hydrogen-bond donors (Lipinski definition) is 2. The Kier molecular flexibility index (Phi) is 6.35. The van der Waals surface area contributed by atoms with E-state index in [1.54, 1.807) is 12.1 Å². The third-order valence-corrected chi connectivity index (χ3v) is 5.80. The molecule has 1 aliphatic carbocycles. The number of nitriles is 1. The first-order chi connectivity index (χ1) is 13.9. The van der Waals surface area contributed by atoms with Crippen molar-refractivity contribution < 1.29 is 14.3 Å². The van der Waals surface area contributed by atoms with Crippen molar-refractivity contribution in [2.24, 2.45) is 5.73 Å². The van der Waals surface area contributed by atoms with Crippen LogP contribution in [-0.4, -0.2) is 17.9 Å². The van der Waals surface area contributed by atoms with Gasteiger partial charge in [0.25, 0.3) is 11.8 Å². The van der Waals surface area contributed by atoms with Crippen molar-refractivity contribution in [3.8, 4) is 11.8 Å². The van der Waals surface area contributed by atoms with E-state index in [9.17, 15) is 14.9 Å². The van der Waals surface area contributed by atoms with Crippen molar-refractivity contribution >= 4 is 34.2 Å². The van der Waals surface area contributed by atoms with Crippen molar-refractivity contribution in [1.82, 2.24) is 0 Å². The Balaban J connectivity index is 1.91. The second kappa shape index (κ2) is 8.93. The number of para-hydroxylation sites is 1. The van der Waals surface area contributed by atoms with Crippen LogP contribution in [0.15, 0.2) is 29.8 Å². The first-order valence-electron chi connectivity index (χ1n) is 9.54. The minimum Gasteiger partial charge on any atom is -0.490 e. The summed E-state index contributed by atoms with van der Waals surface area (Å²) in [6.07, 6.45) is 5.14. The number of benzene rings is 1. The second-order valence-corrected chi connectivity index (χ2v) is 8.21. The summed E-state index contributed by atoms with van der Waals surface area (Å²) >= 11 is 1.37. The van der Waals surface area contributed by atoms with E-state index in [1.165, 1.54) is 17.4 Å². The number of ether oxygens (including phenoxy) is 1. The molecule has 6 nitrogen and oxygen atoms in total. The van der Waals surface area contributed by atoms with Gasteiger partial charge >= 0.3 is 0 Å². The highest BCUT2D eigenvalue weighted by Gasteiger charge is 2.25. The van der Waals surface area contributed by atoms with Gasteiger partial charge in [-0.25, -0.2) is 0 Å². The van der Waals surface area contributed by atoms with Crippen molar-refractivity contribution in [2.75, 3.05) is 5.32 Å². The third kappa shape index (κ3) is 4.66. The number of nitrogens with two attached hydrogens (primary N) is 1. The number of nitrogens with zero attached hydrogens (tertiary/aromatic N) is 1. The fraction of sp³-hybridized carbons (Fsp3) is 0.318. The quantitative estimate of drug-likeness (QED) is 0.554. The molecule has 29 heavy (non-hydrogen) atoms. The van der Waals surface area contributed by atoms with Crippen LogP contribution in [0.3, 0.4) is 0 Å². The average molecular weight is 410 g/mol. The summed E-state index contributed by atoms with van der Waals surface area (Å²) in [7, 11) is 0. The van der Waals surface area contributed by atoms with Gasteiger partial charge in [-0.15, -0.1) is 11.3 Å². The largest absolute Gasteiger partial charge is 0.490 e. The van der Waals surface area contributed by atoms with Crippen LogP contribution in [0.2, 0.25) is 0 Å². The molecule has 2 amide bonds. The summed E-state index contributed by atoms with van der Waals surface area (Å²) < 4.78 is 5.75. The molecule has 0 bridgehead atoms. The van der Waals surface area contributed by atoms with Gasteiger partial charge in [0.1, 0.15) is 22.4 Å². The highest BCUT2D eigenvalue weighted by atomic mass is 32.1. The number of hydrogen-bond acceptors (Lipinski definition) is 5. The lowest BCUT2D eigenvalue weighted by Crippen LogP contribution is -2.19. The molecule has 1 aromatic heterocycles. The van der Waals surface area contributed by atoms with Gasteiger partial charge in [-0.05, 0) is 57.2 Å². The van der Waals surface area contributed by atoms with E-state index in [0.29, 0.717) is 21.9 Å². The molecule has 1 heterocycles. The topological polar surface area (TPSA) is 105 Å². The average Bonchev–Trinajstić information content (AvgIpc) is 3.04. The number of rotatable bonds is 6. The third-order valence-electron chi connectivity index (χ3n) is 4.59. The molecule has 0 fully saturated rings. The van der Waals surface area contributed by atoms with Gasteiger partial charge in [0, 0.05) is 10.4 Å². The number of thiophene rings is 1. The van der Waals surface area contributed by atoms with E-state index < -0.39 is 11.8 Å². The van der Waals surface area contributed by atoms with Gasteiger partial charge in [-0.3, -0.25) is 9.59 Å². The van der Waals surface area contributed by atoms with Crippen LogP contribution in [0.5, 0.6) is 5.75 Å². The lowest BCUT2D eigenvalue weighted by atomic mass is 9.95. The zero-order valence-electron chi connectivity index (χ0n) is 16.5. The van der Waals surface area contributed by atoms with Gasteiger partial charge in [-0.2, -0.15) is 5.26 Å². The van der Waals surface area contributed by atoms with Gasteiger partial charge < -0.3 is 15.8 Å². The maximum Gasteiger partial charge on any atom is 0.266 e. The predicted octanol–water partition coefficient (Wildman–Crippen LogP) is 4.06. The molecule has 0 saturated heterocycles. The molecule has 1 aliphatic rings. The zero-order chi connectivity index (χ0) is 21.0. The standard InChI is InChI=1S/C22H23N3O3S/c1-13(2)28-17-9-5-3-7-14(17)11-15(12-23)21(27)25-22-19(20(24)26)16-8-4-6-10-18(16)29-22/h3,5,7,9,11,13H,4,6,8,10H2,1-2H3,(H2,24,26)(H,25,27). The molecule has 3 N–H and O–H groups in total. The molecular weight excluding hydrogens is 386 g/mol. The minimum absolute atomic E-state index is 0.0422. The lowest BCUT2D eigenvalue weighted by Gasteiger charge is -2.12. The SMILES string of the molecule is CC(C)Oc1ccccc1C=C(C#N)C(=O)Nc1sc2c(c1C(N)=O)CCCC2. The highest BCUT2D eigenvalue weighted by Crippen LogP contribution is 2.38. The Morgan fingerprint density at radius 2 is 2.00 bits per heavy atom. The first kappa shape index (κ1) is 20.6. The Labute approximate surface area is 174 Å². The van der Waals surface area contributed by atoms with Crippen LogP contribution in [0.25, 0.3) is 6.08 Å². The van der Waals surface area contributed by atoms with Crippen molar-refractivity contribution in [3.63, 3.8) is 0 Å². The number of carbonyl (C=O) groups is 2. The van der Waals surface area contributed by atoms with E-state index >= 15 is 0 Å². The number of carbonyl (C=O) groups excluding carboxylic acids is 2. The number of nitrogens with one attached hydrogen (secondary N) is 1. The Morgan fingerprint density at radius 1 is 1.28 bits per heavy atom. The van der Waals surface area contributed by atoms with E-state index in [0.717, 1.165) is 36.1 Å². The minimum atomic E-state index is -0.576. The van der Waals surface area contributed by atoms with Crippen LogP contribution >= 0.6 is 11.3 Å². The summed E-state index contributed by atoms with van der Waals surface area (Å²) in [6.45, 7) is 3.81. The molecule has 150 valence electrons. The summed E-state index contributed by atoms with van der Waals surface area (Å²) in [5.74, 6) is -0.543. The van der Waals surface area contributed by atoms with Crippen molar-refractivity contribution in [3.05, 3.63) is 51.4 Å². The van der Waals surface area contributed by atoms with Crippen LogP contribution < -0.4 is 15.8 Å². The van der Waals surface area contributed by atoms with Crippen LogP contribution in [-0.2, 0) is 17.6 Å². The number of anilines is 1. The maximum atomic E-state index is 12.8. The number of aryl methyl sites for hydroxylation is 1. The Morgan fingerprint density at radius 3 is 2.69 bits per heavy atom. The Bertz CT molecular complexity index is 1010. The monoisotopic (exact) mass is 409 g/mol. The maximum absolute atomic E-state index is 12.8. The van der Waals surface area contributed by atoms with Crippen LogP contribution in [0.1, 0.15) is 53.1 Å². The fourth-order valence-electron chi connectivity index (χ4n) is 3.35. The smallest absolute Gasteiger partial charge is 0.266 e. The molecule has 0 saturated carbocycles. The predicted molar refractivity (Wildman–Crippen MR) is 114 cm³/mol. The molecule has 2 aromatic rings. The molecule has 3 rings (SSSR count). The van der Waals surface area contributed by atoms with Gasteiger partial charge in [-0.1, -0.05) is 18.2 Å². The van der Waals surface area contributed by atoms with Crippen molar-refractivity contribution in [2.45, 2.75) is 45.6 Å². The highest BCUT2D eigenvalue weighted by molar-refractivity contribution is 7.17. The zero-order valence-corrected chi connectivity index (χ0v) is 17.3. The van der Waals surface area contributed by atoms with E-state index in [1.807, 2.05) is 32.0 Å². The van der Waals surface area contributed by atoms with E-state index in [2.05, 4.69) is 5.32 Å². The molecule has 0 spiro atoms. The normalized spacial score (nSPS) is 13.5. The molecule has 1 aromatic carbocycles. The van der Waals surface area contributed by atoms with Gasteiger partial charge in [0.15, 0.2) is 0 Å². The lowest BCUT2D eigenvalue weighted by molar-refractivity contribution is -0.112. The van der Waals surface area contributed by atoms with E-state index in [-0.39, 0.29) is 11.7 Å². The fourth-order valence-corrected chi connectivity index (χ4v) is 4.64. The molecule has 0 unspecified atom stereocenters. The number of amides is 2. The van der Waals surface area contributed by atoms with E-state index in [4.69, 9.17) is 10.5 Å². The second-order valence-electron chi connectivity index (χ2n) is 7.11. The first-order valence-corrected chi connectivity index (χ1v) is 10.4. The number of fused-ring (bicyclic) bond motifs is 1. The summed E-state index contributed by atoms with van der Waals surface area (Å²) in [5.41, 5.74) is 7.44. The molecular formula is C22H23N3O3S. The molecule has 0 aliphatic heterocycles. The van der Waals surface area contributed by atoms with Crippen molar-refractivity contribution in [1.29, 1.82) is 5.26 Å². The summed E-state index contributed by atoms with van der Waals surface area (Å²) in [5, 5.41) is 12.7. The van der Waals surface area contributed by atoms with Crippen LogP contribution in [0, 0.1) is 11.3 Å². The summed E-state index contributed by atoms with van der Waals surface area (Å²) in [4.78, 5) is 25.9.